The number of pyridine rings is 1. The van der Waals surface area contributed by atoms with Gasteiger partial charge in [0.1, 0.15) is 5.69 Å². The predicted octanol–water partition coefficient (Wildman–Crippen LogP) is 1.84. The lowest BCUT2D eigenvalue weighted by molar-refractivity contribution is 0.0996. The molecule has 0 saturated carbocycles. The number of aryl methyl sites for hydroxylation is 2. The van der Waals surface area contributed by atoms with E-state index >= 15 is 0 Å². The van der Waals surface area contributed by atoms with Crippen molar-refractivity contribution in [2.75, 3.05) is 11.1 Å². The number of nitrogens with one attached hydrogen (secondary N) is 1. The molecule has 0 aliphatic heterocycles. The van der Waals surface area contributed by atoms with Gasteiger partial charge in [-0.1, -0.05) is 0 Å². The van der Waals surface area contributed by atoms with Crippen molar-refractivity contribution in [3.05, 3.63) is 28.4 Å². The normalized spacial score (nSPS) is 13.8. The fourth-order valence-corrected chi connectivity index (χ4v) is 3.26. The second-order valence-electron chi connectivity index (χ2n) is 4.72. The van der Waals surface area contributed by atoms with Crippen LogP contribution in [0.5, 0.6) is 0 Å². The molecule has 0 unspecified atom stereocenters. The zero-order chi connectivity index (χ0) is 14.1. The van der Waals surface area contributed by atoms with Gasteiger partial charge in [0.25, 0.3) is 5.91 Å². The van der Waals surface area contributed by atoms with Gasteiger partial charge < -0.3 is 16.8 Å². The number of hydrogen-bond donors (Lipinski definition) is 3. The van der Waals surface area contributed by atoms with Gasteiger partial charge in [-0.2, -0.15) is 0 Å². The molecule has 1 aliphatic rings. The maximum absolute atomic E-state index is 11.2. The lowest BCUT2D eigenvalue weighted by atomic mass is 10.0. The minimum atomic E-state index is -0.577. The molecule has 0 fully saturated rings. The Morgan fingerprint density at radius 1 is 1.25 bits per heavy atom. The molecular weight excluding hydrogens is 274 g/mol. The summed E-state index contributed by atoms with van der Waals surface area (Å²) in [6.07, 6.45) is 4.51. The Labute approximate surface area is 120 Å². The van der Waals surface area contributed by atoms with Crippen LogP contribution in [0.25, 0.3) is 0 Å². The monoisotopic (exact) mass is 289 g/mol. The number of fused-ring (bicyclic) bond motifs is 1. The number of primary amides is 1. The van der Waals surface area contributed by atoms with Gasteiger partial charge in [0.15, 0.2) is 10.9 Å². The molecule has 2 heterocycles. The Hall–Kier alpha value is -2.15. The van der Waals surface area contributed by atoms with Crippen molar-refractivity contribution in [3.8, 4) is 0 Å². The minimum absolute atomic E-state index is 0.183. The first-order valence-electron chi connectivity index (χ1n) is 6.45. The van der Waals surface area contributed by atoms with Crippen molar-refractivity contribution in [1.29, 1.82) is 0 Å². The molecule has 7 heteroatoms. The van der Waals surface area contributed by atoms with Gasteiger partial charge in [0, 0.05) is 4.88 Å². The van der Waals surface area contributed by atoms with Gasteiger partial charge in [-0.15, -0.1) is 11.3 Å². The molecular formula is C13H15N5OS. The number of nitrogen functional groups attached to an aromatic ring is 1. The smallest absolute Gasteiger partial charge is 0.267 e. The van der Waals surface area contributed by atoms with E-state index in [1.165, 1.54) is 23.8 Å². The van der Waals surface area contributed by atoms with Crippen molar-refractivity contribution in [3.63, 3.8) is 0 Å². The highest BCUT2D eigenvalue weighted by atomic mass is 32.1. The van der Waals surface area contributed by atoms with Crippen molar-refractivity contribution < 1.29 is 4.79 Å². The van der Waals surface area contributed by atoms with Crippen LogP contribution in [0.2, 0.25) is 0 Å². The molecule has 3 rings (SSSR count). The van der Waals surface area contributed by atoms with Crippen molar-refractivity contribution in [2.45, 2.75) is 25.7 Å². The Morgan fingerprint density at radius 3 is 2.80 bits per heavy atom. The van der Waals surface area contributed by atoms with E-state index in [2.05, 4.69) is 15.3 Å². The van der Waals surface area contributed by atoms with E-state index in [1.54, 1.807) is 17.4 Å². The molecule has 2 aromatic rings. The largest absolute Gasteiger partial charge is 0.396 e. The topological polar surface area (TPSA) is 107 Å². The summed E-state index contributed by atoms with van der Waals surface area (Å²) in [5.41, 5.74) is 12.9. The van der Waals surface area contributed by atoms with Crippen LogP contribution < -0.4 is 16.8 Å². The number of thiazole rings is 1. The third-order valence-electron chi connectivity index (χ3n) is 3.25. The van der Waals surface area contributed by atoms with Crippen LogP contribution in [0.3, 0.4) is 0 Å². The second kappa shape index (κ2) is 5.09. The van der Waals surface area contributed by atoms with E-state index in [-0.39, 0.29) is 5.69 Å². The summed E-state index contributed by atoms with van der Waals surface area (Å²) in [6.45, 7) is 0. The number of carbonyl (C=O) groups excluding carboxylic acids is 1. The third-order valence-corrected chi connectivity index (χ3v) is 4.32. The summed E-state index contributed by atoms with van der Waals surface area (Å²) >= 11 is 1.62. The number of hydrogen-bond acceptors (Lipinski definition) is 6. The summed E-state index contributed by atoms with van der Waals surface area (Å²) in [5, 5.41) is 3.85. The first kappa shape index (κ1) is 12.9. The van der Waals surface area contributed by atoms with Crippen molar-refractivity contribution >= 4 is 33.9 Å². The molecule has 1 amide bonds. The fourth-order valence-electron chi connectivity index (χ4n) is 2.21. The van der Waals surface area contributed by atoms with Crippen LogP contribution in [-0.4, -0.2) is 15.9 Å². The molecule has 6 nitrogen and oxygen atoms in total. The van der Waals surface area contributed by atoms with Crippen LogP contribution in [0.1, 0.15) is 33.9 Å². The molecule has 0 saturated heterocycles. The Kier molecular flexibility index (Phi) is 3.27. The highest BCUT2D eigenvalue weighted by molar-refractivity contribution is 7.15. The van der Waals surface area contributed by atoms with Gasteiger partial charge in [0.2, 0.25) is 0 Å². The molecule has 0 atom stereocenters. The van der Waals surface area contributed by atoms with Crippen molar-refractivity contribution in [2.24, 2.45) is 5.73 Å². The number of nitrogens with zero attached hydrogens (tertiary/aromatic N) is 2. The SMILES string of the molecule is NC(=O)c1ccc(N)c(Nc2nc3c(s2)CCCC3)n1. The Morgan fingerprint density at radius 2 is 2.05 bits per heavy atom. The molecule has 104 valence electrons. The number of aromatic nitrogens is 2. The lowest BCUT2D eigenvalue weighted by Crippen LogP contribution is -2.14. The zero-order valence-corrected chi connectivity index (χ0v) is 11.7. The maximum atomic E-state index is 11.2. The highest BCUT2D eigenvalue weighted by Gasteiger charge is 2.16. The Bertz CT molecular complexity index is 643. The molecule has 2 aromatic heterocycles. The van der Waals surface area contributed by atoms with E-state index in [0.29, 0.717) is 11.5 Å². The summed E-state index contributed by atoms with van der Waals surface area (Å²) < 4.78 is 0. The van der Waals surface area contributed by atoms with Crippen LogP contribution in [-0.2, 0) is 12.8 Å². The van der Waals surface area contributed by atoms with Crippen molar-refractivity contribution in [1.82, 2.24) is 9.97 Å². The first-order valence-corrected chi connectivity index (χ1v) is 7.27. The van der Waals surface area contributed by atoms with Gasteiger partial charge in [-0.25, -0.2) is 9.97 Å². The zero-order valence-electron chi connectivity index (χ0n) is 10.8. The number of rotatable bonds is 3. The molecule has 0 bridgehead atoms. The van der Waals surface area contributed by atoms with E-state index in [9.17, 15) is 4.79 Å². The summed E-state index contributed by atoms with van der Waals surface area (Å²) in [6, 6.07) is 3.12. The third kappa shape index (κ3) is 2.44. The predicted molar refractivity (Wildman–Crippen MR) is 79.2 cm³/mol. The number of nitrogens with two attached hydrogens (primary N) is 2. The molecule has 5 N–H and O–H groups in total. The quantitative estimate of drug-likeness (QED) is 0.799. The molecule has 20 heavy (non-hydrogen) atoms. The van der Waals surface area contributed by atoms with Gasteiger partial charge in [0.05, 0.1) is 11.4 Å². The van der Waals surface area contributed by atoms with Crippen LogP contribution in [0.4, 0.5) is 16.6 Å². The van der Waals surface area contributed by atoms with Gasteiger partial charge in [-0.05, 0) is 37.8 Å². The lowest BCUT2D eigenvalue weighted by Gasteiger charge is -2.06. The van der Waals surface area contributed by atoms with Crippen LogP contribution >= 0.6 is 11.3 Å². The average molecular weight is 289 g/mol. The first-order chi connectivity index (χ1) is 9.63. The molecule has 0 radical (unpaired) electrons. The number of anilines is 3. The number of carbonyl (C=O) groups is 1. The highest BCUT2D eigenvalue weighted by Crippen LogP contribution is 2.31. The minimum Gasteiger partial charge on any atom is -0.396 e. The Balaban J connectivity index is 1.88. The molecule has 0 aromatic carbocycles. The standard InChI is InChI=1S/C13H15N5OS/c14-7-5-6-9(11(15)19)16-12(7)18-13-17-8-3-1-2-4-10(8)20-13/h5-6H,1-4,14H2,(H2,15,19)(H,16,17,18). The fraction of sp³-hybridized carbons (Fsp3) is 0.308. The van der Waals surface area contributed by atoms with Crippen LogP contribution in [0.15, 0.2) is 12.1 Å². The summed E-state index contributed by atoms with van der Waals surface area (Å²) in [5.74, 6) is -0.154. The number of amides is 1. The second-order valence-corrected chi connectivity index (χ2v) is 5.80. The molecule has 1 aliphatic carbocycles. The van der Waals surface area contributed by atoms with E-state index in [1.807, 2.05) is 0 Å². The van der Waals surface area contributed by atoms with E-state index < -0.39 is 5.91 Å². The van der Waals surface area contributed by atoms with Gasteiger partial charge >= 0.3 is 0 Å². The van der Waals surface area contributed by atoms with E-state index in [0.717, 1.165) is 23.7 Å². The van der Waals surface area contributed by atoms with E-state index in [4.69, 9.17) is 11.5 Å². The van der Waals surface area contributed by atoms with Gasteiger partial charge in [-0.3, -0.25) is 4.79 Å². The maximum Gasteiger partial charge on any atom is 0.267 e. The van der Waals surface area contributed by atoms with Crippen LogP contribution in [0, 0.1) is 0 Å². The average Bonchev–Trinajstić information content (AvgIpc) is 2.83. The molecule has 0 spiro atoms. The summed E-state index contributed by atoms with van der Waals surface area (Å²) in [7, 11) is 0. The summed E-state index contributed by atoms with van der Waals surface area (Å²) in [4.78, 5) is 21.2.